The predicted octanol–water partition coefficient (Wildman–Crippen LogP) is 4.83. The van der Waals surface area contributed by atoms with Crippen molar-refractivity contribution in [2.45, 2.75) is 32.2 Å². The number of pyridine rings is 1. The molecule has 2 N–H and O–H groups in total. The van der Waals surface area contributed by atoms with Gasteiger partial charge in [0.25, 0.3) is 5.88 Å². The van der Waals surface area contributed by atoms with Crippen molar-refractivity contribution in [3.05, 3.63) is 50.1 Å². The van der Waals surface area contributed by atoms with E-state index in [9.17, 15) is 23.3 Å². The lowest BCUT2D eigenvalue weighted by Crippen LogP contribution is -2.32. The van der Waals surface area contributed by atoms with Crippen LogP contribution in [-0.2, 0) is 4.74 Å². The van der Waals surface area contributed by atoms with Crippen LogP contribution in [0.25, 0.3) is 0 Å². The average molecular weight is 494 g/mol. The minimum absolute atomic E-state index is 0.0190. The number of hydrogen-bond acceptors (Lipinski definition) is 7. The van der Waals surface area contributed by atoms with E-state index in [-0.39, 0.29) is 28.4 Å². The van der Waals surface area contributed by atoms with Crippen LogP contribution in [0.3, 0.4) is 0 Å². The van der Waals surface area contributed by atoms with Crippen LogP contribution in [0.2, 0.25) is 0 Å². The lowest BCUT2D eigenvalue weighted by atomic mass is 9.93. The fraction of sp³-hybridized carbons (Fsp3) is 0.389. The number of alkyl halides is 3. The Morgan fingerprint density at radius 3 is 2.53 bits per heavy atom. The largest absolute Gasteiger partial charge is 0.573 e. The molecule has 1 aromatic carbocycles. The van der Waals surface area contributed by atoms with Crippen molar-refractivity contribution < 1.29 is 32.3 Å². The molecular weight excluding hydrogens is 475 g/mol. The van der Waals surface area contributed by atoms with Gasteiger partial charge in [0.15, 0.2) is 0 Å². The molecule has 0 aliphatic rings. The highest BCUT2D eigenvalue weighted by molar-refractivity contribution is 9.10. The van der Waals surface area contributed by atoms with Gasteiger partial charge in [0.1, 0.15) is 11.5 Å². The Kier molecular flexibility index (Phi) is 7.61. The Balaban J connectivity index is 2.46. The Morgan fingerprint density at radius 2 is 2.00 bits per heavy atom. The van der Waals surface area contributed by atoms with Crippen LogP contribution in [-0.4, -0.2) is 36.0 Å². The SMILES string of the molecule is COCC(N)C(C)c1cc(C)nc(Oc2ccc(OC(F)(F)F)cc2Br)c1[N+](=O)[O-]. The van der Waals surface area contributed by atoms with E-state index in [2.05, 4.69) is 25.7 Å². The molecule has 0 saturated heterocycles. The summed E-state index contributed by atoms with van der Waals surface area (Å²) in [5.41, 5.74) is 6.41. The number of benzene rings is 1. The van der Waals surface area contributed by atoms with E-state index in [4.69, 9.17) is 15.2 Å². The summed E-state index contributed by atoms with van der Waals surface area (Å²) in [4.78, 5) is 15.2. The topological polar surface area (TPSA) is 110 Å². The van der Waals surface area contributed by atoms with Gasteiger partial charge in [-0.25, -0.2) is 4.98 Å². The Hall–Kier alpha value is -2.44. The van der Waals surface area contributed by atoms with Crippen molar-refractivity contribution >= 4 is 21.6 Å². The minimum Gasteiger partial charge on any atom is -0.432 e. The van der Waals surface area contributed by atoms with E-state index in [1.54, 1.807) is 19.9 Å². The highest BCUT2D eigenvalue weighted by atomic mass is 79.9. The number of methoxy groups -OCH3 is 1. The zero-order chi connectivity index (χ0) is 22.6. The molecule has 0 aliphatic carbocycles. The van der Waals surface area contributed by atoms with Crippen LogP contribution in [0.5, 0.6) is 17.4 Å². The molecule has 2 rings (SSSR count). The average Bonchev–Trinajstić information content (AvgIpc) is 2.61. The third-order valence-corrected chi connectivity index (χ3v) is 4.76. The first-order valence-electron chi connectivity index (χ1n) is 8.56. The maximum absolute atomic E-state index is 12.4. The fourth-order valence-corrected chi connectivity index (χ4v) is 3.14. The molecule has 164 valence electrons. The number of aromatic nitrogens is 1. The number of ether oxygens (including phenoxy) is 3. The molecule has 30 heavy (non-hydrogen) atoms. The summed E-state index contributed by atoms with van der Waals surface area (Å²) in [5, 5.41) is 11.8. The van der Waals surface area contributed by atoms with Gasteiger partial charge in [-0.2, -0.15) is 0 Å². The fourth-order valence-electron chi connectivity index (χ4n) is 2.70. The number of nitrogens with two attached hydrogens (primary N) is 1. The van der Waals surface area contributed by atoms with Gasteiger partial charge in [-0.3, -0.25) is 10.1 Å². The van der Waals surface area contributed by atoms with Gasteiger partial charge in [-0.05, 0) is 47.1 Å². The molecule has 0 fully saturated rings. The minimum atomic E-state index is -4.86. The molecule has 0 bridgehead atoms. The van der Waals surface area contributed by atoms with E-state index in [0.717, 1.165) is 12.1 Å². The van der Waals surface area contributed by atoms with Gasteiger partial charge in [0.05, 0.1) is 16.0 Å². The molecule has 12 heteroatoms. The zero-order valence-corrected chi connectivity index (χ0v) is 17.8. The summed E-state index contributed by atoms with van der Waals surface area (Å²) in [6.07, 6.45) is -4.86. The van der Waals surface area contributed by atoms with Gasteiger partial charge in [-0.1, -0.05) is 6.92 Å². The maximum Gasteiger partial charge on any atom is 0.573 e. The quantitative estimate of drug-likeness (QED) is 0.414. The third-order valence-electron chi connectivity index (χ3n) is 4.14. The van der Waals surface area contributed by atoms with E-state index in [1.165, 1.54) is 13.2 Å². The summed E-state index contributed by atoms with van der Waals surface area (Å²) < 4.78 is 51.7. The van der Waals surface area contributed by atoms with Crippen molar-refractivity contribution in [2.75, 3.05) is 13.7 Å². The number of aryl methyl sites for hydroxylation is 1. The Morgan fingerprint density at radius 1 is 1.33 bits per heavy atom. The smallest absolute Gasteiger partial charge is 0.432 e. The molecule has 2 unspecified atom stereocenters. The molecule has 0 amide bonds. The first-order chi connectivity index (χ1) is 13.9. The second kappa shape index (κ2) is 9.58. The van der Waals surface area contributed by atoms with E-state index >= 15 is 0 Å². The Labute approximate surface area is 178 Å². The van der Waals surface area contributed by atoms with Crippen LogP contribution in [0.15, 0.2) is 28.7 Å². The lowest BCUT2D eigenvalue weighted by molar-refractivity contribution is -0.386. The Bertz CT molecular complexity index is 927. The highest BCUT2D eigenvalue weighted by Gasteiger charge is 2.32. The number of rotatable bonds is 8. The summed E-state index contributed by atoms with van der Waals surface area (Å²) in [6.45, 7) is 3.53. The van der Waals surface area contributed by atoms with Gasteiger partial charge in [0, 0.05) is 30.3 Å². The maximum atomic E-state index is 12.4. The van der Waals surface area contributed by atoms with Gasteiger partial charge in [0.2, 0.25) is 0 Å². The van der Waals surface area contributed by atoms with E-state index in [1.807, 2.05) is 0 Å². The highest BCUT2D eigenvalue weighted by Crippen LogP contribution is 2.40. The first-order valence-corrected chi connectivity index (χ1v) is 9.35. The third kappa shape index (κ3) is 6.03. The number of halogens is 4. The van der Waals surface area contributed by atoms with Crippen molar-refractivity contribution in [1.82, 2.24) is 4.98 Å². The first kappa shape index (κ1) is 23.8. The summed E-state index contributed by atoms with van der Waals surface area (Å²) >= 11 is 3.08. The summed E-state index contributed by atoms with van der Waals surface area (Å²) in [5.74, 6) is -1.23. The van der Waals surface area contributed by atoms with E-state index < -0.39 is 29.0 Å². The standard InChI is InChI=1S/C18H19BrF3N3O5/c1-9-6-12(10(2)14(23)8-28-3)16(25(26)27)17(24-9)29-15-5-4-11(7-13(15)19)30-18(20,21)22/h4-7,10,14H,8,23H2,1-3H3. The molecule has 2 aromatic rings. The number of hydrogen-bond donors (Lipinski definition) is 1. The molecule has 1 heterocycles. The predicted molar refractivity (Wildman–Crippen MR) is 105 cm³/mol. The molecule has 0 spiro atoms. The van der Waals surface area contributed by atoms with E-state index in [0.29, 0.717) is 11.3 Å². The van der Waals surface area contributed by atoms with Gasteiger partial charge < -0.3 is 19.9 Å². The van der Waals surface area contributed by atoms with Crippen molar-refractivity contribution in [2.24, 2.45) is 5.73 Å². The molecular formula is C18H19BrF3N3O5. The van der Waals surface area contributed by atoms with Crippen LogP contribution in [0.1, 0.15) is 24.1 Å². The number of nitrogens with zero attached hydrogens (tertiary/aromatic N) is 2. The molecule has 0 saturated carbocycles. The lowest BCUT2D eigenvalue weighted by Gasteiger charge is -2.20. The normalized spacial score (nSPS) is 13.6. The molecule has 0 radical (unpaired) electrons. The van der Waals surface area contributed by atoms with Crippen LogP contribution in [0, 0.1) is 17.0 Å². The van der Waals surface area contributed by atoms with Crippen LogP contribution < -0.4 is 15.2 Å². The summed E-state index contributed by atoms with van der Waals surface area (Å²) in [6, 6.07) is 4.25. The van der Waals surface area contributed by atoms with Gasteiger partial charge in [-0.15, -0.1) is 13.2 Å². The van der Waals surface area contributed by atoms with Crippen molar-refractivity contribution in [3.63, 3.8) is 0 Å². The van der Waals surface area contributed by atoms with Crippen molar-refractivity contribution in [3.8, 4) is 17.4 Å². The van der Waals surface area contributed by atoms with Crippen molar-refractivity contribution in [1.29, 1.82) is 0 Å². The monoisotopic (exact) mass is 493 g/mol. The molecule has 2 atom stereocenters. The summed E-state index contributed by atoms with van der Waals surface area (Å²) in [7, 11) is 1.47. The second-order valence-electron chi connectivity index (χ2n) is 6.41. The molecule has 1 aromatic heterocycles. The zero-order valence-electron chi connectivity index (χ0n) is 16.2. The molecule has 0 aliphatic heterocycles. The van der Waals surface area contributed by atoms with Crippen LogP contribution in [0.4, 0.5) is 18.9 Å². The van der Waals surface area contributed by atoms with Crippen LogP contribution >= 0.6 is 15.9 Å². The second-order valence-corrected chi connectivity index (χ2v) is 7.27. The number of nitro groups is 1. The molecule has 8 nitrogen and oxygen atoms in total. The van der Waals surface area contributed by atoms with Gasteiger partial charge >= 0.3 is 12.0 Å².